The molecule has 1 atom stereocenters. The van der Waals surface area contributed by atoms with E-state index in [1.165, 1.54) is 0 Å². The minimum atomic E-state index is -0.145. The van der Waals surface area contributed by atoms with Crippen molar-refractivity contribution in [2.24, 2.45) is 5.84 Å². The molecule has 0 saturated heterocycles. The third-order valence-corrected chi connectivity index (χ3v) is 2.84. The quantitative estimate of drug-likeness (QED) is 0.501. The first-order valence-electron chi connectivity index (χ1n) is 4.95. The zero-order chi connectivity index (χ0) is 11.3. The van der Waals surface area contributed by atoms with Gasteiger partial charge in [0.15, 0.2) is 0 Å². The van der Waals surface area contributed by atoms with Crippen LogP contribution in [0.4, 0.5) is 0 Å². The molecule has 0 radical (unpaired) electrons. The average molecular weight is 271 g/mol. The molecule has 0 bridgehead atoms. The van der Waals surface area contributed by atoms with E-state index >= 15 is 0 Å². The number of hydrazine groups is 1. The zero-order valence-electron chi connectivity index (χ0n) is 8.66. The summed E-state index contributed by atoms with van der Waals surface area (Å²) in [5.41, 5.74) is 3.22. The Bertz CT molecular complexity index is 324. The van der Waals surface area contributed by atoms with Crippen LogP contribution >= 0.6 is 15.9 Å². The van der Waals surface area contributed by atoms with Crippen LogP contribution in [0.2, 0.25) is 0 Å². The van der Waals surface area contributed by atoms with Crippen molar-refractivity contribution >= 4 is 21.8 Å². The van der Waals surface area contributed by atoms with Crippen molar-refractivity contribution < 1.29 is 4.79 Å². The van der Waals surface area contributed by atoms with Gasteiger partial charge in [-0.25, -0.2) is 5.84 Å². The van der Waals surface area contributed by atoms with E-state index in [2.05, 4.69) is 28.3 Å². The van der Waals surface area contributed by atoms with Gasteiger partial charge in [0, 0.05) is 4.47 Å². The van der Waals surface area contributed by atoms with Crippen molar-refractivity contribution in [3.8, 4) is 0 Å². The maximum Gasteiger partial charge on any atom is 0.241 e. The Morgan fingerprint density at radius 2 is 2.07 bits per heavy atom. The molecule has 0 aliphatic heterocycles. The standard InChI is InChI=1S/C11H15BrN2O/c1-2-3-10(11(15)14-13)8-4-6-9(12)7-5-8/h4-7,10H,2-3,13H2,1H3,(H,14,15). The van der Waals surface area contributed by atoms with E-state index in [1.54, 1.807) is 0 Å². The summed E-state index contributed by atoms with van der Waals surface area (Å²) in [7, 11) is 0. The predicted octanol–water partition coefficient (Wildman–Crippen LogP) is 2.32. The van der Waals surface area contributed by atoms with E-state index < -0.39 is 0 Å². The lowest BCUT2D eigenvalue weighted by Crippen LogP contribution is -2.34. The minimum Gasteiger partial charge on any atom is -0.294 e. The fourth-order valence-electron chi connectivity index (χ4n) is 1.53. The number of carbonyl (C=O) groups excluding carboxylic acids is 1. The minimum absolute atomic E-state index is 0.126. The van der Waals surface area contributed by atoms with Gasteiger partial charge in [-0.3, -0.25) is 10.2 Å². The Kier molecular flexibility index (Phi) is 4.78. The molecule has 1 rings (SSSR count). The van der Waals surface area contributed by atoms with Gasteiger partial charge in [-0.1, -0.05) is 41.4 Å². The second-order valence-corrected chi connectivity index (χ2v) is 4.32. The fourth-order valence-corrected chi connectivity index (χ4v) is 1.80. The number of amides is 1. The van der Waals surface area contributed by atoms with E-state index in [-0.39, 0.29) is 11.8 Å². The Morgan fingerprint density at radius 1 is 1.47 bits per heavy atom. The molecule has 0 saturated carbocycles. The molecule has 1 amide bonds. The van der Waals surface area contributed by atoms with Gasteiger partial charge < -0.3 is 0 Å². The van der Waals surface area contributed by atoms with Crippen LogP contribution in [-0.4, -0.2) is 5.91 Å². The van der Waals surface area contributed by atoms with Gasteiger partial charge in [0.25, 0.3) is 0 Å². The van der Waals surface area contributed by atoms with Gasteiger partial charge >= 0.3 is 0 Å². The number of benzene rings is 1. The van der Waals surface area contributed by atoms with Crippen molar-refractivity contribution in [2.75, 3.05) is 0 Å². The summed E-state index contributed by atoms with van der Waals surface area (Å²) in [4.78, 5) is 11.5. The molecular formula is C11H15BrN2O. The summed E-state index contributed by atoms with van der Waals surface area (Å²) in [6.07, 6.45) is 1.76. The molecule has 0 aromatic heterocycles. The van der Waals surface area contributed by atoms with Crippen molar-refractivity contribution in [2.45, 2.75) is 25.7 Å². The van der Waals surface area contributed by atoms with Crippen LogP contribution in [0.5, 0.6) is 0 Å². The van der Waals surface area contributed by atoms with Gasteiger partial charge in [-0.05, 0) is 24.1 Å². The molecule has 3 nitrogen and oxygen atoms in total. The normalized spacial score (nSPS) is 12.2. The number of hydrogen-bond donors (Lipinski definition) is 2. The molecule has 82 valence electrons. The molecule has 0 heterocycles. The molecule has 0 fully saturated rings. The molecule has 4 heteroatoms. The van der Waals surface area contributed by atoms with Crippen molar-refractivity contribution in [1.29, 1.82) is 0 Å². The van der Waals surface area contributed by atoms with Gasteiger partial charge in [-0.15, -0.1) is 0 Å². The van der Waals surface area contributed by atoms with Crippen LogP contribution in [-0.2, 0) is 4.79 Å². The molecule has 0 aliphatic rings. The first kappa shape index (κ1) is 12.2. The van der Waals surface area contributed by atoms with E-state index in [0.717, 1.165) is 22.9 Å². The van der Waals surface area contributed by atoms with Gasteiger partial charge in [-0.2, -0.15) is 0 Å². The summed E-state index contributed by atoms with van der Waals surface area (Å²) in [6.45, 7) is 2.05. The highest BCUT2D eigenvalue weighted by Gasteiger charge is 2.18. The fraction of sp³-hybridized carbons (Fsp3) is 0.364. The van der Waals surface area contributed by atoms with Gasteiger partial charge in [0.2, 0.25) is 5.91 Å². The zero-order valence-corrected chi connectivity index (χ0v) is 10.3. The Morgan fingerprint density at radius 3 is 2.53 bits per heavy atom. The van der Waals surface area contributed by atoms with Crippen LogP contribution < -0.4 is 11.3 Å². The van der Waals surface area contributed by atoms with E-state index in [0.29, 0.717) is 0 Å². The maximum absolute atomic E-state index is 11.5. The largest absolute Gasteiger partial charge is 0.294 e. The second kappa shape index (κ2) is 5.88. The Labute approximate surface area is 98.1 Å². The summed E-state index contributed by atoms with van der Waals surface area (Å²) < 4.78 is 1.01. The number of nitrogens with one attached hydrogen (secondary N) is 1. The molecule has 3 N–H and O–H groups in total. The topological polar surface area (TPSA) is 55.1 Å². The molecule has 0 aliphatic carbocycles. The predicted molar refractivity (Wildman–Crippen MR) is 64.1 cm³/mol. The Balaban J connectivity index is 2.88. The number of carbonyl (C=O) groups is 1. The van der Waals surface area contributed by atoms with Crippen LogP contribution in [0.3, 0.4) is 0 Å². The van der Waals surface area contributed by atoms with Crippen molar-refractivity contribution in [3.05, 3.63) is 34.3 Å². The Hall–Kier alpha value is -0.870. The highest BCUT2D eigenvalue weighted by atomic mass is 79.9. The van der Waals surface area contributed by atoms with E-state index in [9.17, 15) is 4.79 Å². The highest BCUT2D eigenvalue weighted by molar-refractivity contribution is 9.10. The second-order valence-electron chi connectivity index (χ2n) is 3.40. The number of hydrogen-bond acceptors (Lipinski definition) is 2. The van der Waals surface area contributed by atoms with Crippen molar-refractivity contribution in [1.82, 2.24) is 5.43 Å². The molecule has 1 aromatic carbocycles. The molecular weight excluding hydrogens is 256 g/mol. The maximum atomic E-state index is 11.5. The molecule has 1 unspecified atom stereocenters. The summed E-state index contributed by atoms with van der Waals surface area (Å²) in [6, 6.07) is 7.75. The van der Waals surface area contributed by atoms with E-state index in [1.807, 2.05) is 24.3 Å². The third-order valence-electron chi connectivity index (χ3n) is 2.31. The monoisotopic (exact) mass is 270 g/mol. The third kappa shape index (κ3) is 3.32. The molecule has 0 spiro atoms. The van der Waals surface area contributed by atoms with Crippen LogP contribution in [0, 0.1) is 0 Å². The van der Waals surface area contributed by atoms with Gasteiger partial charge in [0.1, 0.15) is 0 Å². The number of rotatable bonds is 4. The van der Waals surface area contributed by atoms with E-state index in [4.69, 9.17) is 5.84 Å². The SMILES string of the molecule is CCCC(C(=O)NN)c1ccc(Br)cc1. The first-order valence-corrected chi connectivity index (χ1v) is 5.74. The van der Waals surface area contributed by atoms with Crippen LogP contribution in [0.15, 0.2) is 28.7 Å². The average Bonchev–Trinajstić information content (AvgIpc) is 2.26. The lowest BCUT2D eigenvalue weighted by Gasteiger charge is -2.14. The summed E-state index contributed by atoms with van der Waals surface area (Å²) in [5.74, 6) is 4.89. The summed E-state index contributed by atoms with van der Waals surface area (Å²) in [5, 5.41) is 0. The molecule has 15 heavy (non-hydrogen) atoms. The summed E-state index contributed by atoms with van der Waals surface area (Å²) >= 11 is 3.36. The van der Waals surface area contributed by atoms with Crippen molar-refractivity contribution in [3.63, 3.8) is 0 Å². The molecule has 1 aromatic rings. The smallest absolute Gasteiger partial charge is 0.241 e. The number of nitrogens with two attached hydrogens (primary N) is 1. The highest BCUT2D eigenvalue weighted by Crippen LogP contribution is 2.23. The van der Waals surface area contributed by atoms with Crippen LogP contribution in [0.1, 0.15) is 31.2 Å². The first-order chi connectivity index (χ1) is 7.19. The lowest BCUT2D eigenvalue weighted by atomic mass is 9.94. The van der Waals surface area contributed by atoms with Crippen LogP contribution in [0.25, 0.3) is 0 Å². The van der Waals surface area contributed by atoms with Gasteiger partial charge in [0.05, 0.1) is 5.92 Å². The lowest BCUT2D eigenvalue weighted by molar-refractivity contribution is -0.122. The number of halogens is 1.